The fourth-order valence-electron chi connectivity index (χ4n) is 7.95. The van der Waals surface area contributed by atoms with Gasteiger partial charge in [-0.3, -0.25) is 4.79 Å². The van der Waals surface area contributed by atoms with Gasteiger partial charge in [0, 0.05) is 13.0 Å². The molecule has 6 atom stereocenters. The van der Waals surface area contributed by atoms with Crippen LogP contribution in [0.1, 0.15) is 206 Å². The van der Waals surface area contributed by atoms with Gasteiger partial charge in [0.1, 0.15) is 30.5 Å². The van der Waals surface area contributed by atoms with E-state index in [1.807, 2.05) is 0 Å². The second-order valence-electron chi connectivity index (χ2n) is 19.0. The van der Waals surface area contributed by atoms with Crippen LogP contribution in [-0.2, 0) is 23.7 Å². The molecular weight excluding hydrogens is 901 g/mol. The molecule has 0 aliphatic carbocycles. The van der Waals surface area contributed by atoms with Gasteiger partial charge in [0.15, 0.2) is 6.29 Å². The highest BCUT2D eigenvalue weighted by atomic mass is 16.7. The van der Waals surface area contributed by atoms with E-state index in [2.05, 4.69) is 135 Å². The average Bonchev–Trinajstić information content (AvgIpc) is 3.38. The van der Waals surface area contributed by atoms with Crippen molar-refractivity contribution >= 4 is 5.97 Å². The van der Waals surface area contributed by atoms with Gasteiger partial charge in [0.25, 0.3) is 0 Å². The topological polar surface area (TPSA) is 135 Å². The molecule has 0 aromatic carbocycles. The van der Waals surface area contributed by atoms with Crippen molar-refractivity contribution in [1.82, 2.24) is 0 Å². The lowest BCUT2D eigenvalue weighted by atomic mass is 9.99. The molecule has 1 rings (SSSR count). The molecule has 9 heteroatoms. The first kappa shape index (κ1) is 66.6. The molecule has 410 valence electrons. The zero-order chi connectivity index (χ0) is 52.1. The van der Waals surface area contributed by atoms with Crippen molar-refractivity contribution in [2.75, 3.05) is 26.4 Å². The van der Waals surface area contributed by atoms with E-state index in [0.717, 1.165) is 103 Å². The maximum absolute atomic E-state index is 12.9. The van der Waals surface area contributed by atoms with Gasteiger partial charge in [0.05, 0.1) is 19.8 Å². The van der Waals surface area contributed by atoms with Crippen LogP contribution in [0, 0.1) is 0 Å². The van der Waals surface area contributed by atoms with Crippen LogP contribution in [0.2, 0.25) is 0 Å². The zero-order valence-electron chi connectivity index (χ0n) is 45.4. The van der Waals surface area contributed by atoms with Gasteiger partial charge in [-0.25, -0.2) is 0 Å². The van der Waals surface area contributed by atoms with Crippen molar-refractivity contribution in [3.63, 3.8) is 0 Å². The molecule has 0 saturated carbocycles. The van der Waals surface area contributed by atoms with Gasteiger partial charge in [0.2, 0.25) is 0 Å². The Morgan fingerprint density at radius 2 is 0.847 bits per heavy atom. The smallest absolute Gasteiger partial charge is 0.306 e. The maximum atomic E-state index is 12.9. The van der Waals surface area contributed by atoms with Crippen LogP contribution in [-0.4, -0.2) is 89.6 Å². The number of carbonyl (C=O) groups is 1. The lowest BCUT2D eigenvalue weighted by Gasteiger charge is -2.39. The molecule has 0 bridgehead atoms. The number of allylic oxidation sites excluding steroid dienone is 20. The predicted octanol–water partition coefficient (Wildman–Crippen LogP) is 15.0. The van der Waals surface area contributed by atoms with Crippen molar-refractivity contribution in [3.8, 4) is 0 Å². The molecule has 0 spiro atoms. The average molecular weight is 1010 g/mol. The third-order valence-corrected chi connectivity index (χ3v) is 12.4. The van der Waals surface area contributed by atoms with E-state index in [1.165, 1.54) is 77.0 Å². The van der Waals surface area contributed by atoms with E-state index < -0.39 is 43.4 Å². The molecule has 1 aliphatic heterocycles. The van der Waals surface area contributed by atoms with Gasteiger partial charge < -0.3 is 39.4 Å². The minimum atomic E-state index is -1.55. The summed E-state index contributed by atoms with van der Waals surface area (Å²) in [6.07, 6.45) is 69.5. The van der Waals surface area contributed by atoms with E-state index in [4.69, 9.17) is 18.9 Å². The Labute approximate surface area is 439 Å². The summed E-state index contributed by atoms with van der Waals surface area (Å²) in [7, 11) is 0. The minimum absolute atomic E-state index is 0.119. The second-order valence-corrected chi connectivity index (χ2v) is 19.0. The first-order chi connectivity index (χ1) is 35.4. The first-order valence-corrected chi connectivity index (χ1v) is 28.6. The highest BCUT2D eigenvalue weighted by molar-refractivity contribution is 5.69. The number of esters is 1. The van der Waals surface area contributed by atoms with Gasteiger partial charge >= 0.3 is 5.97 Å². The molecule has 1 saturated heterocycles. The van der Waals surface area contributed by atoms with E-state index >= 15 is 0 Å². The third-order valence-electron chi connectivity index (χ3n) is 12.4. The SMILES string of the molecule is CC/C=C\C/C=C\C/C=C\C/C=C\C/C=C\C/C=C\C/C=C\CCCCCC(=O)OC(COCCCCCCCCCCC/C=C\C/C=C\C/C=C\CCCCCCC)COC1OC(CO)C(O)C(O)C1O. The number of unbranched alkanes of at least 4 members (excludes halogenated alkanes) is 17. The van der Waals surface area contributed by atoms with Crippen molar-refractivity contribution in [3.05, 3.63) is 122 Å². The van der Waals surface area contributed by atoms with E-state index in [9.17, 15) is 25.2 Å². The van der Waals surface area contributed by atoms with Gasteiger partial charge in [-0.2, -0.15) is 0 Å². The summed E-state index contributed by atoms with van der Waals surface area (Å²) < 4.78 is 22.9. The highest BCUT2D eigenvalue weighted by Gasteiger charge is 2.44. The Bertz CT molecular complexity index is 1520. The number of ether oxygens (including phenoxy) is 4. The van der Waals surface area contributed by atoms with Crippen LogP contribution in [0.3, 0.4) is 0 Å². The summed E-state index contributed by atoms with van der Waals surface area (Å²) in [5, 5.41) is 40.4. The van der Waals surface area contributed by atoms with Gasteiger partial charge in [-0.1, -0.05) is 212 Å². The molecular formula is C63H104O9. The number of rotatable bonds is 48. The Kier molecular flexibility index (Phi) is 48.5. The number of aliphatic hydroxyl groups is 4. The Morgan fingerprint density at radius 3 is 1.28 bits per heavy atom. The fraction of sp³-hybridized carbons (Fsp3) is 0.667. The standard InChI is InChI=1S/C63H104O9/c1-3-5-7-9-11-13-15-17-19-21-23-25-27-29-30-32-34-36-38-40-42-44-46-48-50-52-59(65)71-57(56-70-63-62(68)61(67)60(66)58(54-64)72-63)55-69-53-51-49-47-45-43-41-39-37-35-33-31-28-26-24-22-20-18-16-14-12-10-8-6-4-2/h5,7,11,13,16-19,22-25,28-31,34,36,40,42,57-58,60-64,66-68H,3-4,6,8-10,12,14-15,20-21,26-27,32-33,35,37-39,41,43-56H2,1-2H3/b7-5-,13-11-,18-16-,19-17-,24-22-,25-23-,30-29-,31-28-,36-34-,42-40-. The predicted molar refractivity (Wildman–Crippen MR) is 302 cm³/mol. The number of aliphatic hydroxyl groups excluding tert-OH is 4. The molecule has 9 nitrogen and oxygen atoms in total. The normalized spacial score (nSPS) is 19.7. The monoisotopic (exact) mass is 1000 g/mol. The van der Waals surface area contributed by atoms with E-state index in [1.54, 1.807) is 0 Å². The number of hydrogen-bond donors (Lipinski definition) is 4. The van der Waals surface area contributed by atoms with Crippen LogP contribution < -0.4 is 0 Å². The molecule has 0 amide bonds. The van der Waals surface area contributed by atoms with Crippen LogP contribution in [0.5, 0.6) is 0 Å². The number of carbonyl (C=O) groups excluding carboxylic acids is 1. The summed E-state index contributed by atoms with van der Waals surface area (Å²) in [6.45, 7) is 4.37. The molecule has 1 heterocycles. The summed E-state index contributed by atoms with van der Waals surface area (Å²) in [6, 6.07) is 0. The van der Waals surface area contributed by atoms with Gasteiger partial charge in [-0.15, -0.1) is 0 Å². The third kappa shape index (κ3) is 42.0. The van der Waals surface area contributed by atoms with Crippen molar-refractivity contribution in [2.24, 2.45) is 0 Å². The molecule has 1 fully saturated rings. The van der Waals surface area contributed by atoms with Crippen molar-refractivity contribution < 1.29 is 44.2 Å². The summed E-state index contributed by atoms with van der Waals surface area (Å²) >= 11 is 0. The molecule has 0 aromatic heterocycles. The van der Waals surface area contributed by atoms with Crippen LogP contribution in [0.4, 0.5) is 0 Å². The second kappa shape index (κ2) is 52.5. The molecule has 0 aromatic rings. The van der Waals surface area contributed by atoms with Crippen molar-refractivity contribution in [1.29, 1.82) is 0 Å². The minimum Gasteiger partial charge on any atom is -0.457 e. The molecule has 4 N–H and O–H groups in total. The van der Waals surface area contributed by atoms with Gasteiger partial charge in [-0.05, 0) is 109 Å². The Hall–Kier alpha value is -3.41. The quantitative estimate of drug-likeness (QED) is 0.0267. The maximum Gasteiger partial charge on any atom is 0.306 e. The highest BCUT2D eigenvalue weighted by Crippen LogP contribution is 2.23. The lowest BCUT2D eigenvalue weighted by Crippen LogP contribution is -2.59. The number of hydrogen-bond acceptors (Lipinski definition) is 9. The van der Waals surface area contributed by atoms with Crippen LogP contribution >= 0.6 is 0 Å². The zero-order valence-corrected chi connectivity index (χ0v) is 45.4. The van der Waals surface area contributed by atoms with E-state index in [0.29, 0.717) is 13.0 Å². The Morgan fingerprint density at radius 1 is 0.458 bits per heavy atom. The van der Waals surface area contributed by atoms with Crippen molar-refractivity contribution in [2.45, 2.75) is 243 Å². The largest absolute Gasteiger partial charge is 0.457 e. The molecule has 1 aliphatic rings. The summed E-state index contributed by atoms with van der Waals surface area (Å²) in [5.41, 5.74) is 0. The first-order valence-electron chi connectivity index (χ1n) is 28.6. The Balaban J connectivity index is 2.23. The molecule has 72 heavy (non-hydrogen) atoms. The summed E-state index contributed by atoms with van der Waals surface area (Å²) in [4.78, 5) is 12.9. The fourth-order valence-corrected chi connectivity index (χ4v) is 7.95. The van der Waals surface area contributed by atoms with Crippen LogP contribution in [0.15, 0.2) is 122 Å². The van der Waals surface area contributed by atoms with E-state index in [-0.39, 0.29) is 25.6 Å². The molecule has 0 radical (unpaired) electrons. The van der Waals surface area contributed by atoms with Crippen LogP contribution in [0.25, 0.3) is 0 Å². The lowest BCUT2D eigenvalue weighted by molar-refractivity contribution is -0.305. The summed E-state index contributed by atoms with van der Waals surface area (Å²) in [5.74, 6) is -0.351. The molecule has 6 unspecified atom stereocenters.